The van der Waals surface area contributed by atoms with Gasteiger partial charge < -0.3 is 10.2 Å². The van der Waals surface area contributed by atoms with Crippen molar-refractivity contribution in [1.82, 2.24) is 15.2 Å². The lowest BCUT2D eigenvalue weighted by Crippen LogP contribution is -2.42. The molecule has 5 heteroatoms. The van der Waals surface area contributed by atoms with Crippen LogP contribution in [0, 0.1) is 6.92 Å². The summed E-state index contributed by atoms with van der Waals surface area (Å²) in [6, 6.07) is 10.4. The maximum Gasteiger partial charge on any atom is 0.317 e. The third kappa shape index (κ3) is 3.55. The fraction of sp³-hybridized carbons (Fsp3) is 0.444. The van der Waals surface area contributed by atoms with E-state index in [1.165, 1.54) is 5.56 Å². The SMILES string of the molecule is Cc1csc([C@@H](C)NC(=O)N(C)CC2(c3ccccc3)CC2)n1. The largest absolute Gasteiger partial charge is 0.329 e. The van der Waals surface area contributed by atoms with Crippen molar-refractivity contribution in [3.8, 4) is 0 Å². The highest BCUT2D eigenvalue weighted by Crippen LogP contribution is 2.48. The monoisotopic (exact) mass is 329 g/mol. The lowest BCUT2D eigenvalue weighted by Gasteiger charge is -2.26. The number of hydrogen-bond donors (Lipinski definition) is 1. The van der Waals surface area contributed by atoms with Gasteiger partial charge in [-0.2, -0.15) is 0 Å². The summed E-state index contributed by atoms with van der Waals surface area (Å²) in [5.74, 6) is 0. The second-order valence-corrected chi connectivity index (χ2v) is 7.39. The zero-order valence-corrected chi connectivity index (χ0v) is 14.7. The average molecular weight is 329 g/mol. The summed E-state index contributed by atoms with van der Waals surface area (Å²) in [4.78, 5) is 18.7. The Hall–Kier alpha value is -1.88. The van der Waals surface area contributed by atoms with Crippen molar-refractivity contribution in [2.24, 2.45) is 0 Å². The van der Waals surface area contributed by atoms with Gasteiger partial charge in [0.15, 0.2) is 0 Å². The molecule has 4 nitrogen and oxygen atoms in total. The third-order valence-corrected chi connectivity index (χ3v) is 5.62. The molecule has 0 spiro atoms. The first-order valence-corrected chi connectivity index (χ1v) is 8.87. The Morgan fingerprint density at radius 1 is 1.39 bits per heavy atom. The van der Waals surface area contributed by atoms with Crippen LogP contribution < -0.4 is 5.32 Å². The van der Waals surface area contributed by atoms with Crippen molar-refractivity contribution in [3.63, 3.8) is 0 Å². The molecule has 0 radical (unpaired) electrons. The van der Waals surface area contributed by atoms with Crippen LogP contribution in [0.15, 0.2) is 35.7 Å². The normalized spacial score (nSPS) is 16.7. The summed E-state index contributed by atoms with van der Waals surface area (Å²) in [6.07, 6.45) is 2.30. The van der Waals surface area contributed by atoms with Crippen molar-refractivity contribution in [2.75, 3.05) is 13.6 Å². The molecule has 2 amide bonds. The van der Waals surface area contributed by atoms with E-state index < -0.39 is 0 Å². The number of rotatable bonds is 5. The quantitative estimate of drug-likeness (QED) is 0.904. The molecule has 23 heavy (non-hydrogen) atoms. The van der Waals surface area contributed by atoms with Gasteiger partial charge in [0.25, 0.3) is 0 Å². The van der Waals surface area contributed by atoms with E-state index >= 15 is 0 Å². The number of aryl methyl sites for hydroxylation is 1. The molecule has 1 heterocycles. The molecule has 1 aromatic carbocycles. The van der Waals surface area contributed by atoms with Gasteiger partial charge >= 0.3 is 6.03 Å². The van der Waals surface area contributed by atoms with Crippen LogP contribution in [0.2, 0.25) is 0 Å². The minimum Gasteiger partial charge on any atom is -0.329 e. The second-order valence-electron chi connectivity index (χ2n) is 6.50. The number of nitrogens with one attached hydrogen (secondary N) is 1. The van der Waals surface area contributed by atoms with E-state index in [2.05, 4.69) is 34.6 Å². The van der Waals surface area contributed by atoms with Gasteiger partial charge in [-0.1, -0.05) is 30.3 Å². The molecule has 0 unspecified atom stereocenters. The van der Waals surface area contributed by atoms with Crippen molar-refractivity contribution < 1.29 is 4.79 Å². The number of urea groups is 1. The first-order valence-electron chi connectivity index (χ1n) is 7.99. The molecular weight excluding hydrogens is 306 g/mol. The summed E-state index contributed by atoms with van der Waals surface area (Å²) >= 11 is 1.59. The molecule has 3 rings (SSSR count). The van der Waals surface area contributed by atoms with Crippen molar-refractivity contribution in [3.05, 3.63) is 52.0 Å². The molecule has 2 aromatic rings. The van der Waals surface area contributed by atoms with Crippen LogP contribution >= 0.6 is 11.3 Å². The second kappa shape index (κ2) is 6.32. The van der Waals surface area contributed by atoms with Crippen molar-refractivity contribution in [2.45, 2.75) is 38.1 Å². The van der Waals surface area contributed by atoms with Crippen LogP contribution in [0.1, 0.15) is 42.1 Å². The number of benzene rings is 1. The number of nitrogens with zero attached hydrogens (tertiary/aromatic N) is 2. The van der Waals surface area contributed by atoms with Gasteiger partial charge in [0.2, 0.25) is 0 Å². The molecule has 1 aromatic heterocycles. The van der Waals surface area contributed by atoms with Crippen LogP contribution in [-0.2, 0) is 5.41 Å². The topological polar surface area (TPSA) is 45.2 Å². The highest BCUT2D eigenvalue weighted by molar-refractivity contribution is 7.09. The van der Waals surface area contributed by atoms with E-state index in [0.29, 0.717) is 0 Å². The standard InChI is InChI=1S/C18H23N3OS/c1-13-11-23-16(19-13)14(2)20-17(22)21(3)12-18(9-10-18)15-7-5-4-6-8-15/h4-8,11,14H,9-10,12H2,1-3H3,(H,20,22)/t14-/m1/s1. The van der Waals surface area contributed by atoms with Crippen molar-refractivity contribution >= 4 is 17.4 Å². The Morgan fingerprint density at radius 2 is 2.09 bits per heavy atom. The zero-order valence-electron chi connectivity index (χ0n) is 13.9. The number of hydrogen-bond acceptors (Lipinski definition) is 3. The zero-order chi connectivity index (χ0) is 16.4. The van der Waals surface area contributed by atoms with Gasteiger partial charge in [0.05, 0.1) is 6.04 Å². The molecular formula is C18H23N3OS. The number of amides is 2. The molecule has 1 fully saturated rings. The molecule has 0 aliphatic heterocycles. The van der Waals surface area contributed by atoms with Gasteiger partial charge in [0, 0.05) is 30.1 Å². The predicted molar refractivity (Wildman–Crippen MR) is 93.8 cm³/mol. The van der Waals surface area contributed by atoms with Gasteiger partial charge in [-0.15, -0.1) is 11.3 Å². The molecule has 1 saturated carbocycles. The Morgan fingerprint density at radius 3 is 2.65 bits per heavy atom. The number of carbonyl (C=O) groups excluding carboxylic acids is 1. The maximum atomic E-state index is 12.5. The summed E-state index contributed by atoms with van der Waals surface area (Å²) in [5.41, 5.74) is 2.48. The van der Waals surface area contributed by atoms with Crippen LogP contribution in [0.5, 0.6) is 0 Å². The Bertz CT molecular complexity index is 679. The molecule has 0 saturated heterocycles. The highest BCUT2D eigenvalue weighted by Gasteiger charge is 2.45. The first kappa shape index (κ1) is 16.0. The van der Waals surface area contributed by atoms with E-state index in [4.69, 9.17) is 0 Å². The molecule has 0 bridgehead atoms. The lowest BCUT2D eigenvalue weighted by atomic mass is 9.95. The van der Waals surface area contributed by atoms with E-state index in [1.54, 1.807) is 16.2 Å². The fourth-order valence-electron chi connectivity index (χ4n) is 2.93. The number of thiazole rings is 1. The van der Waals surface area contributed by atoms with Crippen LogP contribution in [0.3, 0.4) is 0 Å². The minimum absolute atomic E-state index is 0.0347. The van der Waals surface area contributed by atoms with Crippen LogP contribution in [0.25, 0.3) is 0 Å². The average Bonchev–Trinajstić information content (AvgIpc) is 3.20. The highest BCUT2D eigenvalue weighted by atomic mass is 32.1. The van der Waals surface area contributed by atoms with Crippen LogP contribution in [0.4, 0.5) is 4.79 Å². The minimum atomic E-state index is -0.0597. The fourth-order valence-corrected chi connectivity index (χ4v) is 3.74. The predicted octanol–water partition coefficient (Wildman–Crippen LogP) is 3.89. The Kier molecular flexibility index (Phi) is 4.39. The molecule has 1 aliphatic rings. The van der Waals surface area contributed by atoms with Crippen molar-refractivity contribution in [1.29, 1.82) is 0 Å². The molecule has 1 N–H and O–H groups in total. The summed E-state index contributed by atoms with van der Waals surface area (Å²) in [6.45, 7) is 4.71. The van der Waals surface area contributed by atoms with Gasteiger partial charge in [-0.25, -0.2) is 9.78 Å². The summed E-state index contributed by atoms with van der Waals surface area (Å²) < 4.78 is 0. The molecule has 1 atom stereocenters. The van der Waals surface area contributed by atoms with Gasteiger partial charge in [-0.3, -0.25) is 0 Å². The maximum absolute atomic E-state index is 12.5. The Labute approximate surface area is 141 Å². The lowest BCUT2D eigenvalue weighted by molar-refractivity contribution is 0.201. The Balaban J connectivity index is 1.60. The smallest absolute Gasteiger partial charge is 0.317 e. The van der Waals surface area contributed by atoms with E-state index in [1.807, 2.05) is 32.3 Å². The molecule has 122 valence electrons. The van der Waals surface area contributed by atoms with E-state index in [0.717, 1.165) is 30.1 Å². The number of carbonyl (C=O) groups is 1. The van der Waals surface area contributed by atoms with E-state index in [-0.39, 0.29) is 17.5 Å². The first-order chi connectivity index (χ1) is 11.0. The number of likely N-dealkylation sites (N-methyl/N-ethyl adjacent to an activating group) is 1. The summed E-state index contributed by atoms with van der Waals surface area (Å²) in [5, 5.41) is 6.01. The summed E-state index contributed by atoms with van der Waals surface area (Å²) in [7, 11) is 1.87. The van der Waals surface area contributed by atoms with E-state index in [9.17, 15) is 4.79 Å². The third-order valence-electron chi connectivity index (χ3n) is 4.47. The number of aromatic nitrogens is 1. The van der Waals surface area contributed by atoms with Gasteiger partial charge in [0.1, 0.15) is 5.01 Å². The van der Waals surface area contributed by atoms with Crippen LogP contribution in [-0.4, -0.2) is 29.5 Å². The molecule has 1 aliphatic carbocycles. The van der Waals surface area contributed by atoms with Gasteiger partial charge in [-0.05, 0) is 32.3 Å².